The van der Waals surface area contributed by atoms with Crippen LogP contribution in [0.4, 0.5) is 4.79 Å². The first kappa shape index (κ1) is 18.7. The van der Waals surface area contributed by atoms with Gasteiger partial charge in [-0.15, -0.1) is 0 Å². The fraction of sp³-hybridized carbons (Fsp3) is 0.737. The molecule has 1 aliphatic heterocycles. The number of aliphatic hydroxyl groups is 1. The number of hydrogen-bond acceptors (Lipinski definition) is 6. The van der Waals surface area contributed by atoms with E-state index in [1.165, 1.54) is 7.11 Å². The van der Waals surface area contributed by atoms with Crippen LogP contribution in [0.3, 0.4) is 0 Å². The monoisotopic (exact) mass is 365 g/mol. The van der Waals surface area contributed by atoms with E-state index < -0.39 is 23.1 Å². The smallest absolute Gasteiger partial charge is 0.410 e. The fourth-order valence-electron chi connectivity index (χ4n) is 4.65. The van der Waals surface area contributed by atoms with Gasteiger partial charge in [-0.05, 0) is 51.4 Å². The predicted molar refractivity (Wildman–Crippen MR) is 92.4 cm³/mol. The van der Waals surface area contributed by atoms with Crippen molar-refractivity contribution in [2.75, 3.05) is 20.2 Å². The number of ketones is 1. The van der Waals surface area contributed by atoms with E-state index in [0.29, 0.717) is 6.54 Å². The third kappa shape index (κ3) is 2.97. The molecule has 0 aromatic rings. The summed E-state index contributed by atoms with van der Waals surface area (Å²) in [5.41, 5.74) is -1.70. The molecule has 0 aromatic heterocycles. The number of fused-ring (bicyclic) bond motifs is 2. The van der Waals surface area contributed by atoms with E-state index in [1.807, 2.05) is 0 Å². The van der Waals surface area contributed by atoms with Gasteiger partial charge in [0.05, 0.1) is 18.8 Å². The third-order valence-electron chi connectivity index (χ3n) is 5.93. The van der Waals surface area contributed by atoms with Gasteiger partial charge in [0.15, 0.2) is 5.78 Å². The molecular formula is C19H27NO6. The summed E-state index contributed by atoms with van der Waals surface area (Å²) < 4.78 is 10.6. The van der Waals surface area contributed by atoms with Crippen molar-refractivity contribution in [3.05, 3.63) is 11.8 Å². The van der Waals surface area contributed by atoms with Gasteiger partial charge in [0.2, 0.25) is 0 Å². The van der Waals surface area contributed by atoms with Crippen LogP contribution in [-0.4, -0.2) is 53.7 Å². The number of likely N-dealkylation sites (tertiary alicyclic amines) is 1. The van der Waals surface area contributed by atoms with Crippen LogP contribution in [0.2, 0.25) is 0 Å². The van der Waals surface area contributed by atoms with Crippen LogP contribution in [0.25, 0.3) is 0 Å². The molecular weight excluding hydrogens is 338 g/mol. The number of piperidine rings is 1. The number of allylic oxidation sites excluding steroid dienone is 1. The lowest BCUT2D eigenvalue weighted by molar-refractivity contribution is -0.168. The molecule has 3 rings (SSSR count). The van der Waals surface area contributed by atoms with Gasteiger partial charge in [-0.3, -0.25) is 9.59 Å². The van der Waals surface area contributed by atoms with Gasteiger partial charge in [0, 0.05) is 25.1 Å². The van der Waals surface area contributed by atoms with Crippen LogP contribution >= 0.6 is 0 Å². The lowest BCUT2D eigenvalue weighted by Crippen LogP contribution is -2.62. The summed E-state index contributed by atoms with van der Waals surface area (Å²) in [6.07, 6.45) is 2.33. The molecule has 2 atom stereocenters. The van der Waals surface area contributed by atoms with E-state index in [1.54, 1.807) is 25.7 Å². The summed E-state index contributed by atoms with van der Waals surface area (Å²) in [6, 6.07) is 0. The first-order valence-electron chi connectivity index (χ1n) is 9.00. The van der Waals surface area contributed by atoms with Crippen molar-refractivity contribution in [2.45, 2.75) is 52.1 Å². The summed E-state index contributed by atoms with van der Waals surface area (Å²) in [5.74, 6) is -0.750. The number of nitrogens with zero attached hydrogens (tertiary/aromatic N) is 1. The maximum atomic E-state index is 12.8. The molecule has 1 N–H and O–H groups in total. The molecule has 2 unspecified atom stereocenters. The average Bonchev–Trinajstić information content (AvgIpc) is 3.32. The zero-order valence-corrected chi connectivity index (χ0v) is 15.8. The molecule has 0 aromatic carbocycles. The Labute approximate surface area is 153 Å². The van der Waals surface area contributed by atoms with Gasteiger partial charge >= 0.3 is 12.1 Å². The normalized spacial score (nSPS) is 31.5. The minimum absolute atomic E-state index is 0.0840. The summed E-state index contributed by atoms with van der Waals surface area (Å²) >= 11 is 0. The molecule has 26 heavy (non-hydrogen) atoms. The van der Waals surface area contributed by atoms with Gasteiger partial charge in [0.1, 0.15) is 5.60 Å². The molecule has 3 fully saturated rings. The average molecular weight is 365 g/mol. The zero-order chi connectivity index (χ0) is 19.3. The second-order valence-electron chi connectivity index (χ2n) is 8.86. The van der Waals surface area contributed by atoms with Crippen LogP contribution < -0.4 is 0 Å². The number of methoxy groups -OCH3 is 1. The summed E-state index contributed by atoms with van der Waals surface area (Å²) in [4.78, 5) is 39.5. The summed E-state index contributed by atoms with van der Waals surface area (Å²) in [5, 5.41) is 9.45. The van der Waals surface area contributed by atoms with Crippen LogP contribution in [0, 0.1) is 16.7 Å². The first-order valence-corrected chi connectivity index (χ1v) is 9.00. The highest BCUT2D eigenvalue weighted by molar-refractivity contribution is 5.99. The fourth-order valence-corrected chi connectivity index (χ4v) is 4.65. The zero-order valence-electron chi connectivity index (χ0n) is 15.8. The van der Waals surface area contributed by atoms with E-state index in [9.17, 15) is 19.5 Å². The lowest BCUT2D eigenvalue weighted by Gasteiger charge is -2.52. The van der Waals surface area contributed by atoms with Crippen molar-refractivity contribution in [3.63, 3.8) is 0 Å². The minimum Gasteiger partial charge on any atom is -0.515 e. The molecule has 1 amide bonds. The number of Topliss-reactive ketones (excluding diaryl/α,β-unsaturated/α-hetero) is 1. The Kier molecular flexibility index (Phi) is 4.32. The van der Waals surface area contributed by atoms with Crippen LogP contribution in [0.5, 0.6) is 0 Å². The number of aliphatic hydroxyl groups excluding tert-OH is 1. The maximum absolute atomic E-state index is 12.8. The molecule has 3 aliphatic rings. The molecule has 7 heteroatoms. The largest absolute Gasteiger partial charge is 0.515 e. The van der Waals surface area contributed by atoms with Crippen molar-refractivity contribution in [1.29, 1.82) is 0 Å². The molecule has 1 saturated heterocycles. The Balaban J connectivity index is 1.99. The third-order valence-corrected chi connectivity index (χ3v) is 5.93. The Morgan fingerprint density at radius 3 is 2.42 bits per heavy atom. The maximum Gasteiger partial charge on any atom is 0.410 e. The van der Waals surface area contributed by atoms with Crippen molar-refractivity contribution in [2.24, 2.45) is 16.7 Å². The lowest BCUT2D eigenvalue weighted by atomic mass is 9.56. The number of carbonyl (C=O) groups is 3. The number of carbonyl (C=O) groups excluding carboxylic acids is 3. The van der Waals surface area contributed by atoms with Crippen LogP contribution in [0.15, 0.2) is 11.8 Å². The Morgan fingerprint density at radius 2 is 1.92 bits per heavy atom. The standard InChI is InChI=1S/C19H27NO6/c1-17(2,3)26-16(24)20-10-18(5-6-18)14-7-13(22)12(9-21)8-19(14,11-20)15(23)25-4/h9,14,21H,5-8,10-11H2,1-4H3/b12-9-. The van der Waals surface area contributed by atoms with Crippen molar-refractivity contribution >= 4 is 17.8 Å². The van der Waals surface area contributed by atoms with Gasteiger partial charge in [-0.25, -0.2) is 4.79 Å². The molecule has 2 saturated carbocycles. The summed E-state index contributed by atoms with van der Waals surface area (Å²) in [6.45, 7) is 6.01. The Hall–Kier alpha value is -2.05. The number of hydrogen-bond donors (Lipinski definition) is 1. The van der Waals surface area contributed by atoms with E-state index in [4.69, 9.17) is 9.47 Å². The molecule has 7 nitrogen and oxygen atoms in total. The second kappa shape index (κ2) is 5.99. The highest BCUT2D eigenvalue weighted by Gasteiger charge is 2.67. The first-order chi connectivity index (χ1) is 12.1. The highest BCUT2D eigenvalue weighted by Crippen LogP contribution is 2.65. The number of amides is 1. The molecule has 144 valence electrons. The number of rotatable bonds is 1. The van der Waals surface area contributed by atoms with E-state index in [-0.39, 0.29) is 42.1 Å². The molecule has 2 aliphatic carbocycles. The van der Waals surface area contributed by atoms with E-state index in [2.05, 4.69) is 0 Å². The van der Waals surface area contributed by atoms with Gasteiger partial charge < -0.3 is 19.5 Å². The quantitative estimate of drug-likeness (QED) is 0.436. The SMILES string of the molecule is COC(=O)C12C/C(=C/O)C(=O)CC1C1(CC1)CN(C(=O)OC(C)(C)C)C2. The predicted octanol–water partition coefficient (Wildman–Crippen LogP) is 2.60. The minimum atomic E-state index is -1.02. The van der Waals surface area contributed by atoms with Crippen molar-refractivity contribution in [3.8, 4) is 0 Å². The second-order valence-corrected chi connectivity index (χ2v) is 8.86. The van der Waals surface area contributed by atoms with E-state index >= 15 is 0 Å². The van der Waals surface area contributed by atoms with Gasteiger partial charge in [-0.1, -0.05) is 0 Å². The van der Waals surface area contributed by atoms with Crippen LogP contribution in [-0.2, 0) is 19.1 Å². The molecule has 1 heterocycles. The molecule has 0 radical (unpaired) electrons. The Morgan fingerprint density at radius 1 is 1.27 bits per heavy atom. The highest BCUT2D eigenvalue weighted by atomic mass is 16.6. The number of esters is 1. The van der Waals surface area contributed by atoms with Crippen molar-refractivity contribution in [1.82, 2.24) is 4.90 Å². The van der Waals surface area contributed by atoms with E-state index in [0.717, 1.165) is 19.1 Å². The van der Waals surface area contributed by atoms with Gasteiger partial charge in [-0.2, -0.15) is 0 Å². The topological polar surface area (TPSA) is 93.1 Å². The Bertz CT molecular complexity index is 672. The number of ether oxygens (including phenoxy) is 2. The van der Waals surface area contributed by atoms with Crippen molar-refractivity contribution < 1.29 is 29.0 Å². The molecule has 0 bridgehead atoms. The van der Waals surface area contributed by atoms with Gasteiger partial charge in [0.25, 0.3) is 0 Å². The molecule has 1 spiro atoms. The van der Waals surface area contributed by atoms with Crippen LogP contribution in [0.1, 0.15) is 46.5 Å². The summed E-state index contributed by atoms with van der Waals surface area (Å²) in [7, 11) is 1.32.